The molecule has 1 rings (SSSR count). The third-order valence-corrected chi connectivity index (χ3v) is 2.69. The van der Waals surface area contributed by atoms with Crippen LogP contribution in [0.4, 0.5) is 0 Å². The van der Waals surface area contributed by atoms with Crippen LogP contribution in [0, 0.1) is 0 Å². The lowest BCUT2D eigenvalue weighted by atomic mass is 10.0. The minimum atomic E-state index is 0.227. The van der Waals surface area contributed by atoms with E-state index in [1.54, 1.807) is 0 Å². The molecule has 3 heteroatoms. The van der Waals surface area contributed by atoms with Crippen molar-refractivity contribution >= 4 is 15.0 Å². The van der Waals surface area contributed by atoms with E-state index in [2.05, 4.69) is 9.24 Å². The molecule has 0 fully saturated rings. The second-order valence-corrected chi connectivity index (χ2v) is 4.38. The average molecular weight is 223 g/mol. The minimum Gasteiger partial charge on any atom is -0.309 e. The summed E-state index contributed by atoms with van der Waals surface area (Å²) in [5.74, 6) is 2.14. The van der Waals surface area contributed by atoms with Crippen LogP contribution in [0.5, 0.6) is 0 Å². The fourth-order valence-corrected chi connectivity index (χ4v) is 1.79. The Bertz CT molecular complexity index is 351. The van der Waals surface area contributed by atoms with E-state index >= 15 is 0 Å². The molecule has 0 amide bonds. The van der Waals surface area contributed by atoms with Crippen molar-refractivity contribution in [2.75, 3.05) is 20.6 Å². The first kappa shape index (κ1) is 12.4. The zero-order chi connectivity index (χ0) is 11.4. The third-order valence-electron chi connectivity index (χ3n) is 2.33. The highest BCUT2D eigenvalue weighted by atomic mass is 31.0. The molecular formula is C12H18NOP. The zero-order valence-electron chi connectivity index (χ0n) is 9.58. The van der Waals surface area contributed by atoms with Crippen molar-refractivity contribution < 1.29 is 4.79 Å². The molecule has 1 aliphatic carbocycles. The summed E-state index contributed by atoms with van der Waals surface area (Å²) in [6.07, 6.45) is 4.59. The molecule has 0 saturated carbocycles. The molecule has 82 valence electrons. The Morgan fingerprint density at radius 3 is 2.67 bits per heavy atom. The second-order valence-electron chi connectivity index (χ2n) is 4.04. The predicted molar refractivity (Wildman–Crippen MR) is 67.8 cm³/mol. The lowest BCUT2D eigenvalue weighted by molar-refractivity contribution is -0.115. The summed E-state index contributed by atoms with van der Waals surface area (Å²) in [6, 6.07) is 0. The molecular weight excluding hydrogens is 205 g/mol. The largest absolute Gasteiger partial charge is 0.309 e. The number of allylic oxidation sites excluding steroid dienone is 5. The van der Waals surface area contributed by atoms with Crippen molar-refractivity contribution in [3.05, 3.63) is 34.7 Å². The number of ketones is 1. The summed E-state index contributed by atoms with van der Waals surface area (Å²) < 4.78 is 0. The lowest BCUT2D eigenvalue weighted by Crippen LogP contribution is -2.17. The van der Waals surface area contributed by atoms with Gasteiger partial charge in [-0.15, -0.1) is 9.24 Å². The van der Waals surface area contributed by atoms with E-state index in [4.69, 9.17) is 0 Å². The molecule has 0 heterocycles. The van der Waals surface area contributed by atoms with Gasteiger partial charge in [-0.3, -0.25) is 4.79 Å². The van der Waals surface area contributed by atoms with Gasteiger partial charge >= 0.3 is 0 Å². The van der Waals surface area contributed by atoms with Crippen LogP contribution in [-0.4, -0.2) is 31.3 Å². The second kappa shape index (κ2) is 5.39. The minimum absolute atomic E-state index is 0.227. The Morgan fingerprint density at radius 1 is 1.47 bits per heavy atom. The maximum atomic E-state index is 11.9. The van der Waals surface area contributed by atoms with Crippen molar-refractivity contribution in [2.45, 2.75) is 13.3 Å². The van der Waals surface area contributed by atoms with Gasteiger partial charge in [-0.2, -0.15) is 0 Å². The fraction of sp³-hybridized carbons (Fsp3) is 0.417. The summed E-state index contributed by atoms with van der Waals surface area (Å²) >= 11 is 0. The topological polar surface area (TPSA) is 20.3 Å². The third kappa shape index (κ3) is 3.40. The van der Waals surface area contributed by atoms with Crippen molar-refractivity contribution in [3.8, 4) is 0 Å². The Labute approximate surface area is 93.9 Å². The van der Waals surface area contributed by atoms with Gasteiger partial charge in [0, 0.05) is 18.5 Å². The Hall–Kier alpha value is -0.720. The van der Waals surface area contributed by atoms with Crippen LogP contribution in [0.15, 0.2) is 34.7 Å². The van der Waals surface area contributed by atoms with Crippen LogP contribution in [0.25, 0.3) is 0 Å². The molecule has 0 aromatic heterocycles. The highest BCUT2D eigenvalue weighted by Crippen LogP contribution is 2.25. The molecule has 0 radical (unpaired) electrons. The molecule has 2 nitrogen and oxygen atoms in total. The summed E-state index contributed by atoms with van der Waals surface area (Å²) in [5.41, 5.74) is 3.03. The summed E-state index contributed by atoms with van der Waals surface area (Å²) in [5, 5.41) is 0. The molecule has 1 atom stereocenters. The number of hydrogen-bond donors (Lipinski definition) is 0. The highest BCUT2D eigenvalue weighted by Gasteiger charge is 2.16. The zero-order valence-corrected chi connectivity index (χ0v) is 10.7. The average Bonchev–Trinajstić information content (AvgIpc) is 2.56. The highest BCUT2D eigenvalue weighted by molar-refractivity contribution is 7.20. The van der Waals surface area contributed by atoms with Gasteiger partial charge in [0.2, 0.25) is 0 Å². The molecule has 0 aromatic carbocycles. The lowest BCUT2D eigenvalue weighted by Gasteiger charge is -2.09. The maximum Gasteiger partial charge on any atom is 0.164 e. The van der Waals surface area contributed by atoms with Gasteiger partial charge in [0.05, 0.1) is 0 Å². The van der Waals surface area contributed by atoms with E-state index in [1.165, 1.54) is 0 Å². The van der Waals surface area contributed by atoms with Crippen molar-refractivity contribution in [3.63, 3.8) is 0 Å². The molecule has 1 unspecified atom stereocenters. The van der Waals surface area contributed by atoms with E-state index in [1.807, 2.05) is 43.9 Å². The quantitative estimate of drug-likeness (QED) is 0.681. The van der Waals surface area contributed by atoms with Gasteiger partial charge in [0.25, 0.3) is 0 Å². The molecule has 1 aliphatic rings. The van der Waals surface area contributed by atoms with Gasteiger partial charge in [0.1, 0.15) is 0 Å². The number of rotatable bonds is 4. The first-order valence-electron chi connectivity index (χ1n) is 5.05. The van der Waals surface area contributed by atoms with Crippen molar-refractivity contribution in [1.29, 1.82) is 0 Å². The van der Waals surface area contributed by atoms with E-state index in [-0.39, 0.29) is 5.78 Å². The Kier molecular flexibility index (Phi) is 4.44. The standard InChI is InChI=1S/C12H18NOP/c1-9-6-10(8-15)11(7-9)12(14)4-5-13(2)3/h6-8H,4-5,15H2,1-3H3/b10-8-. The first-order chi connectivity index (χ1) is 7.04. The van der Waals surface area contributed by atoms with E-state index < -0.39 is 0 Å². The van der Waals surface area contributed by atoms with Gasteiger partial charge in [-0.05, 0) is 38.2 Å². The van der Waals surface area contributed by atoms with Gasteiger partial charge in [-0.25, -0.2) is 0 Å². The number of nitrogens with zero attached hydrogens (tertiary/aromatic N) is 1. The van der Waals surface area contributed by atoms with Gasteiger partial charge < -0.3 is 4.90 Å². The number of carbonyl (C=O) groups excluding carboxylic acids is 1. The van der Waals surface area contributed by atoms with Crippen LogP contribution in [0.3, 0.4) is 0 Å². The molecule has 0 saturated heterocycles. The van der Waals surface area contributed by atoms with Crippen LogP contribution in [-0.2, 0) is 4.79 Å². The van der Waals surface area contributed by atoms with Crippen LogP contribution < -0.4 is 0 Å². The van der Waals surface area contributed by atoms with Crippen molar-refractivity contribution in [2.24, 2.45) is 0 Å². The molecule has 15 heavy (non-hydrogen) atoms. The predicted octanol–water partition coefficient (Wildman–Crippen LogP) is 2.15. The van der Waals surface area contributed by atoms with Gasteiger partial charge in [0.15, 0.2) is 5.78 Å². The van der Waals surface area contributed by atoms with Crippen LogP contribution in [0.2, 0.25) is 0 Å². The van der Waals surface area contributed by atoms with Crippen LogP contribution >= 0.6 is 9.24 Å². The Balaban J connectivity index is 2.66. The maximum absolute atomic E-state index is 11.9. The van der Waals surface area contributed by atoms with E-state index in [0.717, 1.165) is 23.3 Å². The number of carbonyl (C=O) groups is 1. The summed E-state index contributed by atoms with van der Waals surface area (Å²) in [7, 11) is 6.51. The molecule has 0 aromatic rings. The molecule has 0 N–H and O–H groups in total. The Morgan fingerprint density at radius 2 is 2.13 bits per heavy atom. The number of hydrogen-bond acceptors (Lipinski definition) is 2. The molecule has 0 spiro atoms. The monoisotopic (exact) mass is 223 g/mol. The van der Waals surface area contributed by atoms with Crippen molar-refractivity contribution in [1.82, 2.24) is 4.90 Å². The van der Waals surface area contributed by atoms with Gasteiger partial charge in [-0.1, -0.05) is 11.9 Å². The number of Topliss-reactive ketones (excluding diaryl/α,β-unsaturated/α-hetero) is 1. The van der Waals surface area contributed by atoms with Crippen LogP contribution in [0.1, 0.15) is 13.3 Å². The van der Waals surface area contributed by atoms with E-state index in [0.29, 0.717) is 6.42 Å². The molecule has 0 bridgehead atoms. The smallest absolute Gasteiger partial charge is 0.164 e. The fourth-order valence-electron chi connectivity index (χ4n) is 1.51. The summed E-state index contributed by atoms with van der Waals surface area (Å²) in [4.78, 5) is 13.9. The van der Waals surface area contributed by atoms with E-state index in [9.17, 15) is 4.79 Å². The first-order valence-corrected chi connectivity index (χ1v) is 5.71. The summed E-state index contributed by atoms with van der Waals surface area (Å²) in [6.45, 7) is 2.82. The normalized spacial score (nSPS) is 18.3. The molecule has 0 aliphatic heterocycles. The SMILES string of the molecule is CC1=C/C(=C/P)C(C(=O)CCN(C)C)=C1.